The Labute approximate surface area is 174 Å². The van der Waals surface area contributed by atoms with E-state index in [-0.39, 0.29) is 18.0 Å². The quantitative estimate of drug-likeness (QED) is 0.703. The number of aryl methyl sites for hydroxylation is 1. The van der Waals surface area contributed by atoms with Crippen LogP contribution in [0.3, 0.4) is 0 Å². The summed E-state index contributed by atoms with van der Waals surface area (Å²) in [6.45, 7) is 3.71. The number of carbonyl (C=O) groups is 1. The monoisotopic (exact) mass is 404 g/mol. The highest BCUT2D eigenvalue weighted by Gasteiger charge is 2.13. The number of rotatable bonds is 5. The summed E-state index contributed by atoms with van der Waals surface area (Å²) >= 11 is 0. The third-order valence-electron chi connectivity index (χ3n) is 5.09. The molecule has 1 saturated heterocycles. The lowest BCUT2D eigenvalue weighted by molar-refractivity contribution is -0.117. The zero-order valence-corrected chi connectivity index (χ0v) is 16.9. The van der Waals surface area contributed by atoms with Gasteiger partial charge >= 0.3 is 0 Å². The lowest BCUT2D eigenvalue weighted by atomic mass is 10.1. The topological polar surface area (TPSA) is 93.0 Å². The molecule has 1 N–H and O–H groups in total. The molecule has 2 aromatic heterocycles. The lowest BCUT2D eigenvalue weighted by Gasteiger charge is -2.27. The standard InChI is InChI=1S/C22H24N6O2/c1-16-5-12-22(30)28(26-16)15-21(29)23-18-8-6-17(7-9-18)19-10-11-20(25-24-19)27-13-3-2-4-14-27/h5-12H,2-4,13-15H2,1H3,(H,23,29). The van der Waals surface area contributed by atoms with Gasteiger partial charge in [-0.3, -0.25) is 9.59 Å². The summed E-state index contributed by atoms with van der Waals surface area (Å²) in [4.78, 5) is 26.3. The van der Waals surface area contributed by atoms with Crippen molar-refractivity contribution in [2.45, 2.75) is 32.7 Å². The number of carbonyl (C=O) groups excluding carboxylic acids is 1. The average molecular weight is 404 g/mol. The predicted octanol–water partition coefficient (Wildman–Crippen LogP) is 2.64. The van der Waals surface area contributed by atoms with Crippen LogP contribution in [0.2, 0.25) is 0 Å². The van der Waals surface area contributed by atoms with Gasteiger partial charge in [0.05, 0.1) is 11.4 Å². The first kappa shape index (κ1) is 19.8. The Hall–Kier alpha value is -3.55. The van der Waals surface area contributed by atoms with E-state index in [0.29, 0.717) is 11.4 Å². The molecule has 1 aliphatic rings. The highest BCUT2D eigenvalue weighted by atomic mass is 16.2. The zero-order chi connectivity index (χ0) is 20.9. The van der Waals surface area contributed by atoms with E-state index in [4.69, 9.17) is 0 Å². The van der Waals surface area contributed by atoms with Crippen molar-refractivity contribution in [2.24, 2.45) is 0 Å². The first-order valence-electron chi connectivity index (χ1n) is 10.1. The summed E-state index contributed by atoms with van der Waals surface area (Å²) in [7, 11) is 0. The number of benzene rings is 1. The molecule has 0 bridgehead atoms. The first-order valence-corrected chi connectivity index (χ1v) is 10.1. The van der Waals surface area contributed by atoms with Crippen molar-refractivity contribution in [1.29, 1.82) is 0 Å². The summed E-state index contributed by atoms with van der Waals surface area (Å²) in [5.41, 5.74) is 2.71. The molecule has 3 heterocycles. The van der Waals surface area contributed by atoms with Crippen molar-refractivity contribution < 1.29 is 4.79 Å². The van der Waals surface area contributed by atoms with Gasteiger partial charge in [-0.1, -0.05) is 12.1 Å². The summed E-state index contributed by atoms with van der Waals surface area (Å²) in [5, 5.41) is 15.6. The lowest BCUT2D eigenvalue weighted by Crippen LogP contribution is -2.30. The van der Waals surface area contributed by atoms with Gasteiger partial charge in [0.2, 0.25) is 5.91 Å². The highest BCUT2D eigenvalue weighted by Crippen LogP contribution is 2.22. The van der Waals surface area contributed by atoms with Crippen molar-refractivity contribution in [3.63, 3.8) is 0 Å². The molecule has 1 aromatic carbocycles. The Morgan fingerprint density at radius 1 is 0.967 bits per heavy atom. The van der Waals surface area contributed by atoms with Crippen LogP contribution in [-0.2, 0) is 11.3 Å². The third-order valence-corrected chi connectivity index (χ3v) is 5.09. The predicted molar refractivity (Wildman–Crippen MR) is 115 cm³/mol. The molecule has 154 valence electrons. The van der Waals surface area contributed by atoms with Gasteiger partial charge in [-0.2, -0.15) is 5.10 Å². The van der Waals surface area contributed by atoms with Gasteiger partial charge < -0.3 is 10.2 Å². The van der Waals surface area contributed by atoms with Gasteiger partial charge in [0.15, 0.2) is 5.82 Å². The summed E-state index contributed by atoms with van der Waals surface area (Å²) in [6.07, 6.45) is 3.68. The van der Waals surface area contributed by atoms with Gasteiger partial charge in [-0.05, 0) is 56.5 Å². The largest absolute Gasteiger partial charge is 0.355 e. The van der Waals surface area contributed by atoms with E-state index in [1.54, 1.807) is 25.1 Å². The molecular formula is C22H24N6O2. The van der Waals surface area contributed by atoms with Crippen LogP contribution in [0.5, 0.6) is 0 Å². The van der Waals surface area contributed by atoms with E-state index in [9.17, 15) is 9.59 Å². The Kier molecular flexibility index (Phi) is 5.83. The van der Waals surface area contributed by atoms with Crippen LogP contribution in [0.1, 0.15) is 25.0 Å². The normalized spacial score (nSPS) is 13.8. The fraction of sp³-hybridized carbons (Fsp3) is 0.318. The molecule has 0 radical (unpaired) electrons. The second-order valence-electron chi connectivity index (χ2n) is 7.42. The van der Waals surface area contributed by atoms with Crippen molar-refractivity contribution in [3.8, 4) is 11.3 Å². The second-order valence-corrected chi connectivity index (χ2v) is 7.42. The third kappa shape index (κ3) is 4.71. The summed E-state index contributed by atoms with van der Waals surface area (Å²) in [6, 6.07) is 14.4. The number of hydrogen-bond donors (Lipinski definition) is 1. The SMILES string of the molecule is Cc1ccc(=O)n(CC(=O)Nc2ccc(-c3ccc(N4CCCCC4)nn3)cc2)n1. The van der Waals surface area contributed by atoms with Crippen LogP contribution in [0, 0.1) is 6.92 Å². The van der Waals surface area contributed by atoms with E-state index in [1.807, 2.05) is 24.3 Å². The van der Waals surface area contributed by atoms with Crippen LogP contribution in [-0.4, -0.2) is 39.0 Å². The molecule has 0 saturated carbocycles. The molecule has 1 aliphatic heterocycles. The first-order chi connectivity index (χ1) is 14.6. The van der Waals surface area contributed by atoms with Crippen LogP contribution >= 0.6 is 0 Å². The van der Waals surface area contributed by atoms with Crippen LogP contribution in [0.25, 0.3) is 11.3 Å². The fourth-order valence-electron chi connectivity index (χ4n) is 3.50. The van der Waals surface area contributed by atoms with Crippen molar-refractivity contribution >= 4 is 17.4 Å². The van der Waals surface area contributed by atoms with Gasteiger partial charge in [0.1, 0.15) is 6.54 Å². The van der Waals surface area contributed by atoms with E-state index >= 15 is 0 Å². The number of anilines is 2. The maximum atomic E-state index is 12.3. The number of aromatic nitrogens is 4. The smallest absolute Gasteiger partial charge is 0.267 e. The van der Waals surface area contributed by atoms with Crippen molar-refractivity contribution in [2.75, 3.05) is 23.3 Å². The van der Waals surface area contributed by atoms with Crippen LogP contribution < -0.4 is 15.8 Å². The molecule has 1 fully saturated rings. The summed E-state index contributed by atoms with van der Waals surface area (Å²) < 4.78 is 1.15. The van der Waals surface area contributed by atoms with Crippen LogP contribution in [0.15, 0.2) is 53.3 Å². The van der Waals surface area contributed by atoms with Crippen molar-refractivity contribution in [1.82, 2.24) is 20.0 Å². The molecule has 0 spiro atoms. The summed E-state index contributed by atoms with van der Waals surface area (Å²) in [5.74, 6) is 0.607. The molecule has 0 unspecified atom stereocenters. The Bertz CT molecular complexity index is 1070. The van der Waals surface area contributed by atoms with Crippen LogP contribution in [0.4, 0.5) is 11.5 Å². The Morgan fingerprint density at radius 2 is 1.73 bits per heavy atom. The maximum Gasteiger partial charge on any atom is 0.267 e. The van der Waals surface area contributed by atoms with E-state index < -0.39 is 0 Å². The Morgan fingerprint density at radius 3 is 2.43 bits per heavy atom. The number of hydrogen-bond acceptors (Lipinski definition) is 6. The molecule has 1 amide bonds. The molecule has 0 atom stereocenters. The molecule has 8 nitrogen and oxygen atoms in total. The maximum absolute atomic E-state index is 12.3. The number of piperidine rings is 1. The van der Waals surface area contributed by atoms with Gasteiger partial charge in [0, 0.05) is 30.4 Å². The average Bonchev–Trinajstić information content (AvgIpc) is 2.77. The zero-order valence-electron chi connectivity index (χ0n) is 16.9. The number of nitrogens with one attached hydrogen (secondary N) is 1. The molecular weight excluding hydrogens is 380 g/mol. The fourth-order valence-corrected chi connectivity index (χ4v) is 3.50. The molecule has 0 aliphatic carbocycles. The molecule has 4 rings (SSSR count). The number of nitrogens with zero attached hydrogens (tertiary/aromatic N) is 5. The minimum atomic E-state index is -0.311. The molecule has 3 aromatic rings. The second kappa shape index (κ2) is 8.86. The minimum Gasteiger partial charge on any atom is -0.355 e. The van der Waals surface area contributed by atoms with Gasteiger partial charge in [-0.15, -0.1) is 10.2 Å². The van der Waals surface area contributed by atoms with Gasteiger partial charge in [0.25, 0.3) is 5.56 Å². The van der Waals surface area contributed by atoms with Crippen molar-refractivity contribution in [3.05, 3.63) is 64.6 Å². The molecule has 8 heteroatoms. The number of amides is 1. The van der Waals surface area contributed by atoms with E-state index in [2.05, 4.69) is 25.5 Å². The highest BCUT2D eigenvalue weighted by molar-refractivity contribution is 5.90. The Balaban J connectivity index is 1.39. The van der Waals surface area contributed by atoms with E-state index in [1.165, 1.54) is 25.3 Å². The van der Waals surface area contributed by atoms with E-state index in [0.717, 1.165) is 34.8 Å². The van der Waals surface area contributed by atoms with Gasteiger partial charge in [-0.25, -0.2) is 4.68 Å². The minimum absolute atomic E-state index is 0.133. The molecule has 30 heavy (non-hydrogen) atoms.